The molecule has 2 rings (SSSR count). The fraction of sp³-hybridized carbons (Fsp3) is 0.0714. The summed E-state index contributed by atoms with van der Waals surface area (Å²) in [6, 6.07) is 9.69. The van der Waals surface area contributed by atoms with Crippen LogP contribution in [0.2, 0.25) is 0 Å². The van der Waals surface area contributed by atoms with Crippen LogP contribution in [-0.2, 0) is 4.79 Å². The van der Waals surface area contributed by atoms with E-state index in [9.17, 15) is 4.79 Å². The van der Waals surface area contributed by atoms with Gasteiger partial charge in [-0.25, -0.2) is 0 Å². The van der Waals surface area contributed by atoms with Crippen molar-refractivity contribution < 1.29 is 4.79 Å². The first kappa shape index (κ1) is 10.3. The molecule has 0 bridgehead atoms. The number of hydrogen-bond donors (Lipinski definition) is 0. The molecule has 1 aliphatic rings. The van der Waals surface area contributed by atoms with Crippen LogP contribution in [0.3, 0.4) is 0 Å². The molecule has 78 valence electrons. The Hall–Kier alpha value is -2.27. The molecule has 0 atom stereocenters. The molecule has 16 heavy (non-hydrogen) atoms. The number of carbonyl (C=O) groups excluding carboxylic acids is 1. The SMILES string of the molecule is C#CCN1C(=C)C(c2ccccc2)=CC1=O. The highest BCUT2D eigenvalue weighted by Gasteiger charge is 2.25. The summed E-state index contributed by atoms with van der Waals surface area (Å²) in [4.78, 5) is 13.2. The Morgan fingerprint density at radius 3 is 2.62 bits per heavy atom. The number of carbonyl (C=O) groups is 1. The topological polar surface area (TPSA) is 20.3 Å². The molecule has 0 unspecified atom stereocenters. The molecular formula is C14H11NO. The zero-order valence-corrected chi connectivity index (χ0v) is 8.81. The minimum Gasteiger partial charge on any atom is -0.297 e. The van der Waals surface area contributed by atoms with Gasteiger partial charge in [0.15, 0.2) is 0 Å². The minimum atomic E-state index is -0.0956. The largest absolute Gasteiger partial charge is 0.297 e. The van der Waals surface area contributed by atoms with Crippen molar-refractivity contribution in [3.05, 3.63) is 54.2 Å². The lowest BCUT2D eigenvalue weighted by Crippen LogP contribution is -2.23. The Morgan fingerprint density at radius 2 is 2.00 bits per heavy atom. The number of allylic oxidation sites excluding steroid dienone is 1. The zero-order valence-electron chi connectivity index (χ0n) is 8.81. The molecule has 0 saturated heterocycles. The van der Waals surface area contributed by atoms with Gasteiger partial charge >= 0.3 is 0 Å². The number of amides is 1. The van der Waals surface area contributed by atoms with Crippen LogP contribution in [0.25, 0.3) is 5.57 Å². The predicted molar refractivity (Wildman–Crippen MR) is 64.1 cm³/mol. The van der Waals surface area contributed by atoms with Gasteiger partial charge in [-0.15, -0.1) is 6.42 Å². The number of hydrogen-bond acceptors (Lipinski definition) is 1. The summed E-state index contributed by atoms with van der Waals surface area (Å²) >= 11 is 0. The van der Waals surface area contributed by atoms with E-state index in [1.807, 2.05) is 30.3 Å². The number of rotatable bonds is 2. The van der Waals surface area contributed by atoms with E-state index in [2.05, 4.69) is 12.5 Å². The Morgan fingerprint density at radius 1 is 1.31 bits per heavy atom. The highest BCUT2D eigenvalue weighted by Crippen LogP contribution is 2.29. The second-order valence-corrected chi connectivity index (χ2v) is 3.50. The molecule has 1 heterocycles. The summed E-state index contributed by atoms with van der Waals surface area (Å²) in [5, 5.41) is 0. The predicted octanol–water partition coefficient (Wildman–Crippen LogP) is 2.06. The fourth-order valence-corrected chi connectivity index (χ4v) is 1.70. The van der Waals surface area contributed by atoms with Crippen LogP contribution in [0.5, 0.6) is 0 Å². The summed E-state index contributed by atoms with van der Waals surface area (Å²) in [7, 11) is 0. The van der Waals surface area contributed by atoms with Crippen LogP contribution >= 0.6 is 0 Å². The van der Waals surface area contributed by atoms with Crippen molar-refractivity contribution in [3.63, 3.8) is 0 Å². The molecule has 0 saturated carbocycles. The van der Waals surface area contributed by atoms with Crippen molar-refractivity contribution >= 4 is 11.5 Å². The van der Waals surface area contributed by atoms with E-state index in [1.54, 1.807) is 6.08 Å². The second-order valence-electron chi connectivity index (χ2n) is 3.50. The van der Waals surface area contributed by atoms with Crippen molar-refractivity contribution in [2.24, 2.45) is 0 Å². The molecular weight excluding hydrogens is 198 g/mol. The van der Waals surface area contributed by atoms with Gasteiger partial charge in [-0.05, 0) is 5.56 Å². The van der Waals surface area contributed by atoms with E-state index in [4.69, 9.17) is 6.42 Å². The maximum atomic E-state index is 11.7. The first-order valence-corrected chi connectivity index (χ1v) is 4.95. The lowest BCUT2D eigenvalue weighted by molar-refractivity contribution is -0.122. The molecule has 0 aromatic heterocycles. The molecule has 2 heteroatoms. The molecule has 2 nitrogen and oxygen atoms in total. The Balaban J connectivity index is 2.34. The van der Waals surface area contributed by atoms with Gasteiger partial charge in [-0.2, -0.15) is 0 Å². The smallest absolute Gasteiger partial charge is 0.252 e. The molecule has 0 spiro atoms. The van der Waals surface area contributed by atoms with Crippen LogP contribution in [0.4, 0.5) is 0 Å². The van der Waals surface area contributed by atoms with Gasteiger partial charge in [0.2, 0.25) is 0 Å². The number of terminal acetylenes is 1. The zero-order chi connectivity index (χ0) is 11.5. The van der Waals surface area contributed by atoms with E-state index in [1.165, 1.54) is 4.90 Å². The van der Waals surface area contributed by atoms with Crippen molar-refractivity contribution in [3.8, 4) is 12.3 Å². The average Bonchev–Trinajstić information content (AvgIpc) is 2.59. The second kappa shape index (κ2) is 4.08. The Kier molecular flexibility index (Phi) is 2.61. The van der Waals surface area contributed by atoms with Crippen molar-refractivity contribution in [2.45, 2.75) is 0 Å². The van der Waals surface area contributed by atoms with Crippen LogP contribution < -0.4 is 0 Å². The number of nitrogens with zero attached hydrogens (tertiary/aromatic N) is 1. The monoisotopic (exact) mass is 209 g/mol. The molecule has 1 aromatic rings. The first-order valence-electron chi connectivity index (χ1n) is 4.95. The molecule has 0 fully saturated rings. The lowest BCUT2D eigenvalue weighted by Gasteiger charge is -2.15. The van der Waals surface area contributed by atoms with E-state index >= 15 is 0 Å². The first-order chi connectivity index (χ1) is 7.74. The maximum absolute atomic E-state index is 11.7. The van der Waals surface area contributed by atoms with Crippen molar-refractivity contribution in [1.29, 1.82) is 0 Å². The van der Waals surface area contributed by atoms with Crippen LogP contribution in [0.1, 0.15) is 5.56 Å². The van der Waals surface area contributed by atoms with Gasteiger partial charge in [-0.3, -0.25) is 9.69 Å². The molecule has 1 amide bonds. The van der Waals surface area contributed by atoms with E-state index in [0.717, 1.165) is 11.1 Å². The van der Waals surface area contributed by atoms with Crippen LogP contribution in [0, 0.1) is 12.3 Å². The van der Waals surface area contributed by atoms with Crippen molar-refractivity contribution in [2.75, 3.05) is 6.54 Å². The molecule has 0 radical (unpaired) electrons. The Bertz CT molecular complexity index is 505. The maximum Gasteiger partial charge on any atom is 0.252 e. The fourth-order valence-electron chi connectivity index (χ4n) is 1.70. The van der Waals surface area contributed by atoms with E-state index < -0.39 is 0 Å². The summed E-state index contributed by atoms with van der Waals surface area (Å²) in [5.74, 6) is 2.36. The third-order valence-electron chi connectivity index (χ3n) is 2.50. The summed E-state index contributed by atoms with van der Waals surface area (Å²) in [6.45, 7) is 4.17. The van der Waals surface area contributed by atoms with Gasteiger partial charge < -0.3 is 0 Å². The lowest BCUT2D eigenvalue weighted by atomic mass is 10.1. The normalized spacial score (nSPS) is 14.9. The molecule has 1 aliphatic heterocycles. The van der Waals surface area contributed by atoms with Gasteiger partial charge in [0.1, 0.15) is 0 Å². The Labute approximate surface area is 94.9 Å². The average molecular weight is 209 g/mol. The molecule has 1 aromatic carbocycles. The molecule has 0 aliphatic carbocycles. The van der Waals surface area contributed by atoms with Gasteiger partial charge in [0, 0.05) is 17.3 Å². The van der Waals surface area contributed by atoms with Gasteiger partial charge in [0.05, 0.1) is 6.54 Å². The standard InChI is InChI=1S/C14H11NO/c1-3-9-15-11(2)13(10-14(15)16)12-7-5-4-6-8-12/h1,4-8,10H,2,9H2. The summed E-state index contributed by atoms with van der Waals surface area (Å²) < 4.78 is 0. The van der Waals surface area contributed by atoms with E-state index in [-0.39, 0.29) is 12.5 Å². The number of benzene rings is 1. The van der Waals surface area contributed by atoms with Crippen LogP contribution in [0.15, 0.2) is 48.7 Å². The highest BCUT2D eigenvalue weighted by molar-refractivity contribution is 6.06. The molecule has 0 N–H and O–H groups in total. The quantitative estimate of drug-likeness (QED) is 0.683. The third kappa shape index (κ3) is 1.64. The van der Waals surface area contributed by atoms with Gasteiger partial charge in [0.25, 0.3) is 5.91 Å². The highest BCUT2D eigenvalue weighted by atomic mass is 16.2. The van der Waals surface area contributed by atoms with E-state index in [0.29, 0.717) is 5.70 Å². The van der Waals surface area contributed by atoms with Gasteiger partial charge in [-0.1, -0.05) is 42.8 Å². The summed E-state index contributed by atoms with van der Waals surface area (Å²) in [5.41, 5.74) is 2.51. The van der Waals surface area contributed by atoms with Crippen molar-refractivity contribution in [1.82, 2.24) is 4.90 Å². The van der Waals surface area contributed by atoms with Crippen LogP contribution in [-0.4, -0.2) is 17.4 Å². The summed E-state index contributed by atoms with van der Waals surface area (Å²) in [6.07, 6.45) is 6.79. The third-order valence-corrected chi connectivity index (χ3v) is 2.50. The minimum absolute atomic E-state index is 0.0956.